The Bertz CT molecular complexity index is 444. The molecule has 0 spiro atoms. The van der Waals surface area contributed by atoms with E-state index in [0.29, 0.717) is 5.69 Å². The Labute approximate surface area is 105 Å². The Morgan fingerprint density at radius 2 is 2.39 bits per heavy atom. The normalized spacial score (nSPS) is 18.8. The number of nitrogen functional groups attached to an aromatic ring is 1. The fraction of sp³-hybridized carbons (Fsp3) is 0.500. The minimum absolute atomic E-state index is 0.0155. The zero-order chi connectivity index (χ0) is 13.1. The molecule has 98 valence electrons. The van der Waals surface area contributed by atoms with Crippen LogP contribution in [0.3, 0.4) is 0 Å². The topological polar surface area (TPSA) is 81.6 Å². The molecule has 1 aliphatic rings. The van der Waals surface area contributed by atoms with E-state index in [1.165, 1.54) is 12.1 Å². The fourth-order valence-corrected chi connectivity index (χ4v) is 2.20. The minimum Gasteiger partial charge on any atom is -0.397 e. The number of non-ortho nitro benzene ring substituents is 1. The largest absolute Gasteiger partial charge is 0.397 e. The average molecular weight is 251 g/mol. The lowest BCUT2D eigenvalue weighted by Gasteiger charge is -2.23. The van der Waals surface area contributed by atoms with Crippen molar-refractivity contribution in [2.75, 3.05) is 30.8 Å². The first-order valence-corrected chi connectivity index (χ1v) is 5.94. The van der Waals surface area contributed by atoms with Gasteiger partial charge in [-0.1, -0.05) is 0 Å². The van der Waals surface area contributed by atoms with Crippen molar-refractivity contribution >= 4 is 17.1 Å². The molecule has 2 rings (SSSR count). The highest BCUT2D eigenvalue weighted by Gasteiger charge is 2.19. The lowest BCUT2D eigenvalue weighted by molar-refractivity contribution is -0.384. The molecular weight excluding hydrogens is 234 g/mol. The molecule has 18 heavy (non-hydrogen) atoms. The van der Waals surface area contributed by atoms with Gasteiger partial charge in [0.05, 0.1) is 22.4 Å². The molecule has 1 fully saturated rings. The highest BCUT2D eigenvalue weighted by Crippen LogP contribution is 2.27. The van der Waals surface area contributed by atoms with E-state index >= 15 is 0 Å². The third-order valence-electron chi connectivity index (χ3n) is 3.13. The maximum Gasteiger partial charge on any atom is 0.271 e. The van der Waals surface area contributed by atoms with Crippen molar-refractivity contribution in [3.63, 3.8) is 0 Å². The summed E-state index contributed by atoms with van der Waals surface area (Å²) >= 11 is 0. The predicted molar refractivity (Wildman–Crippen MR) is 69.8 cm³/mol. The van der Waals surface area contributed by atoms with Gasteiger partial charge in [0.15, 0.2) is 0 Å². The van der Waals surface area contributed by atoms with Crippen molar-refractivity contribution < 1.29 is 9.66 Å². The first-order valence-electron chi connectivity index (χ1n) is 5.94. The van der Waals surface area contributed by atoms with E-state index < -0.39 is 4.92 Å². The van der Waals surface area contributed by atoms with Gasteiger partial charge in [-0.2, -0.15) is 0 Å². The number of hydrogen-bond acceptors (Lipinski definition) is 5. The lowest BCUT2D eigenvalue weighted by atomic mass is 10.2. The van der Waals surface area contributed by atoms with Crippen LogP contribution in [-0.2, 0) is 4.74 Å². The highest BCUT2D eigenvalue weighted by atomic mass is 16.6. The molecule has 1 heterocycles. The fourth-order valence-electron chi connectivity index (χ4n) is 2.20. The third-order valence-corrected chi connectivity index (χ3v) is 3.13. The van der Waals surface area contributed by atoms with Gasteiger partial charge in [0.1, 0.15) is 0 Å². The van der Waals surface area contributed by atoms with E-state index in [9.17, 15) is 10.1 Å². The second-order valence-corrected chi connectivity index (χ2v) is 4.52. The van der Waals surface area contributed by atoms with Gasteiger partial charge >= 0.3 is 0 Å². The molecular formula is C12H17N3O3. The number of likely N-dealkylation sites (N-methyl/N-ethyl adjacent to an activating group) is 1. The van der Waals surface area contributed by atoms with E-state index in [1.807, 2.05) is 11.9 Å². The molecule has 0 bridgehead atoms. The van der Waals surface area contributed by atoms with E-state index in [4.69, 9.17) is 10.5 Å². The average Bonchev–Trinajstić information content (AvgIpc) is 2.81. The molecule has 1 unspecified atom stereocenters. The molecule has 2 N–H and O–H groups in total. The summed E-state index contributed by atoms with van der Waals surface area (Å²) in [6.07, 6.45) is 2.37. The maximum atomic E-state index is 10.6. The van der Waals surface area contributed by atoms with Crippen LogP contribution < -0.4 is 10.6 Å². The van der Waals surface area contributed by atoms with Crippen LogP contribution in [0.25, 0.3) is 0 Å². The van der Waals surface area contributed by atoms with Crippen molar-refractivity contribution in [2.24, 2.45) is 0 Å². The van der Waals surface area contributed by atoms with E-state index in [1.54, 1.807) is 6.07 Å². The number of hydrogen-bond donors (Lipinski definition) is 1. The van der Waals surface area contributed by atoms with Crippen molar-refractivity contribution in [1.29, 1.82) is 0 Å². The van der Waals surface area contributed by atoms with Crippen LogP contribution in [0.2, 0.25) is 0 Å². The Morgan fingerprint density at radius 1 is 1.61 bits per heavy atom. The Kier molecular flexibility index (Phi) is 3.66. The Balaban J connectivity index is 2.09. The van der Waals surface area contributed by atoms with E-state index in [0.717, 1.165) is 31.7 Å². The smallest absolute Gasteiger partial charge is 0.271 e. The van der Waals surface area contributed by atoms with Crippen LogP contribution >= 0.6 is 0 Å². The minimum atomic E-state index is -0.444. The number of ether oxygens (including phenoxy) is 1. The van der Waals surface area contributed by atoms with E-state index in [2.05, 4.69) is 0 Å². The van der Waals surface area contributed by atoms with Gasteiger partial charge in [-0.25, -0.2) is 0 Å². The van der Waals surface area contributed by atoms with Gasteiger partial charge in [0.2, 0.25) is 0 Å². The quantitative estimate of drug-likeness (QED) is 0.501. The summed E-state index contributed by atoms with van der Waals surface area (Å²) in [5.41, 5.74) is 7.09. The van der Waals surface area contributed by atoms with Gasteiger partial charge < -0.3 is 15.4 Å². The molecule has 0 saturated carbocycles. The van der Waals surface area contributed by atoms with Crippen molar-refractivity contribution in [3.05, 3.63) is 28.3 Å². The molecule has 0 radical (unpaired) electrons. The second kappa shape index (κ2) is 5.22. The summed E-state index contributed by atoms with van der Waals surface area (Å²) in [7, 11) is 1.92. The van der Waals surface area contributed by atoms with Gasteiger partial charge in [-0.15, -0.1) is 0 Å². The molecule has 0 aliphatic carbocycles. The molecule has 1 aromatic rings. The number of rotatable bonds is 4. The monoisotopic (exact) mass is 251 g/mol. The van der Waals surface area contributed by atoms with Gasteiger partial charge in [-0.3, -0.25) is 10.1 Å². The van der Waals surface area contributed by atoms with E-state index in [-0.39, 0.29) is 11.8 Å². The van der Waals surface area contributed by atoms with Crippen LogP contribution in [0, 0.1) is 10.1 Å². The van der Waals surface area contributed by atoms with Crippen molar-refractivity contribution in [2.45, 2.75) is 18.9 Å². The summed E-state index contributed by atoms with van der Waals surface area (Å²) in [4.78, 5) is 12.2. The summed E-state index contributed by atoms with van der Waals surface area (Å²) in [5.74, 6) is 0. The Morgan fingerprint density at radius 3 is 2.94 bits per heavy atom. The second-order valence-electron chi connectivity index (χ2n) is 4.52. The number of nitrogens with zero attached hydrogens (tertiary/aromatic N) is 2. The highest BCUT2D eigenvalue weighted by molar-refractivity contribution is 5.70. The van der Waals surface area contributed by atoms with Crippen molar-refractivity contribution in [1.82, 2.24) is 0 Å². The lowest BCUT2D eigenvalue weighted by Crippen LogP contribution is -2.29. The van der Waals surface area contributed by atoms with Crippen LogP contribution in [0.15, 0.2) is 18.2 Å². The predicted octanol–water partition coefficient (Wildman–Crippen LogP) is 1.79. The molecule has 6 nitrogen and oxygen atoms in total. The summed E-state index contributed by atoms with van der Waals surface area (Å²) in [5, 5.41) is 10.6. The summed E-state index contributed by atoms with van der Waals surface area (Å²) < 4.78 is 5.56. The standard InChI is InChI=1S/C12H17N3O3/c1-14(8-10-3-2-6-18-10)12-5-4-9(15(16)17)7-11(12)13/h4-5,7,10H,2-3,6,8,13H2,1H3. The third kappa shape index (κ3) is 2.70. The van der Waals surface area contributed by atoms with Gasteiger partial charge in [0.25, 0.3) is 5.69 Å². The molecule has 1 aromatic carbocycles. The maximum absolute atomic E-state index is 10.6. The molecule has 1 aliphatic heterocycles. The SMILES string of the molecule is CN(CC1CCCO1)c1ccc([N+](=O)[O-])cc1N. The van der Waals surface area contributed by atoms with Crippen LogP contribution in [0.5, 0.6) is 0 Å². The number of nitro groups is 1. The number of benzene rings is 1. The molecule has 1 atom stereocenters. The number of anilines is 2. The van der Waals surface area contributed by atoms with Crippen molar-refractivity contribution in [3.8, 4) is 0 Å². The molecule has 0 amide bonds. The summed E-state index contributed by atoms with van der Waals surface area (Å²) in [6, 6.07) is 4.54. The van der Waals surface area contributed by atoms with Crippen LogP contribution in [0.4, 0.5) is 17.1 Å². The Hall–Kier alpha value is -1.82. The first-order chi connectivity index (χ1) is 8.58. The van der Waals surface area contributed by atoms with Gasteiger partial charge in [-0.05, 0) is 18.9 Å². The molecule has 1 saturated heterocycles. The zero-order valence-corrected chi connectivity index (χ0v) is 10.3. The van der Waals surface area contributed by atoms with Crippen LogP contribution in [0.1, 0.15) is 12.8 Å². The zero-order valence-electron chi connectivity index (χ0n) is 10.3. The van der Waals surface area contributed by atoms with Gasteiger partial charge in [0, 0.05) is 32.3 Å². The first kappa shape index (κ1) is 12.6. The summed E-state index contributed by atoms with van der Waals surface area (Å²) in [6.45, 7) is 1.57. The number of nitrogens with two attached hydrogens (primary N) is 1. The molecule has 6 heteroatoms. The number of nitro benzene ring substituents is 1. The van der Waals surface area contributed by atoms with Crippen LogP contribution in [-0.4, -0.2) is 31.2 Å². The molecule has 0 aromatic heterocycles.